The van der Waals surface area contributed by atoms with Gasteiger partial charge in [-0.05, 0) is 6.42 Å². The first kappa shape index (κ1) is 5.85. The molecule has 4 nitrogen and oxygen atoms in total. The van der Waals surface area contributed by atoms with Crippen molar-refractivity contribution in [2.75, 3.05) is 0 Å². The Bertz CT molecular complexity index is 201. The van der Waals surface area contributed by atoms with E-state index in [9.17, 15) is 10.1 Å². The monoisotopic (exact) mass is 141 g/mol. The van der Waals surface area contributed by atoms with Gasteiger partial charge in [-0.15, -0.1) is 0 Å². The van der Waals surface area contributed by atoms with Crippen LogP contribution in [0.1, 0.15) is 6.42 Å². The Morgan fingerprint density at radius 1 is 1.60 bits per heavy atom. The molecule has 10 heavy (non-hydrogen) atoms. The molecule has 0 amide bonds. The fraction of sp³-hybridized carbons (Fsp3) is 0.667. The predicted octanol–water partition coefficient (Wildman–Crippen LogP) is 0.564. The molecule has 0 spiro atoms. The molecule has 3 unspecified atom stereocenters. The summed E-state index contributed by atoms with van der Waals surface area (Å²) in [5.41, 5.74) is 0. The van der Waals surface area contributed by atoms with Crippen LogP contribution >= 0.6 is 0 Å². The molecule has 0 radical (unpaired) electrons. The Morgan fingerprint density at radius 3 is 2.70 bits per heavy atom. The first-order valence-electron chi connectivity index (χ1n) is 3.24. The molecule has 1 fully saturated rings. The smallest absolute Gasteiger partial charge is 0.309 e. The van der Waals surface area contributed by atoms with E-state index in [0.29, 0.717) is 0 Å². The second kappa shape index (κ2) is 1.79. The van der Waals surface area contributed by atoms with Gasteiger partial charge in [-0.1, -0.05) is 12.2 Å². The molecule has 1 heterocycles. The molecular formula is C6H7NO3. The molecule has 1 aliphatic carbocycles. The quantitative estimate of drug-likeness (QED) is 0.304. The standard InChI is InChI=1S/C6H7NO3/c8-7(9)6-4-1-2-5(3-4)10-6/h1-2,4-6H,3H2. The summed E-state index contributed by atoms with van der Waals surface area (Å²) in [4.78, 5) is 9.89. The highest BCUT2D eigenvalue weighted by atomic mass is 16.7. The highest BCUT2D eigenvalue weighted by Gasteiger charge is 2.44. The number of nitro groups is 1. The van der Waals surface area contributed by atoms with Gasteiger partial charge in [0.1, 0.15) is 0 Å². The minimum absolute atomic E-state index is 0.0143. The van der Waals surface area contributed by atoms with Crippen molar-refractivity contribution >= 4 is 0 Å². The normalized spacial score (nSPS) is 42.6. The maximum atomic E-state index is 10.2. The maximum Gasteiger partial charge on any atom is 0.322 e. The van der Waals surface area contributed by atoms with Crippen molar-refractivity contribution in [2.24, 2.45) is 5.92 Å². The minimum atomic E-state index is -0.769. The van der Waals surface area contributed by atoms with E-state index in [1.54, 1.807) is 0 Å². The lowest BCUT2D eigenvalue weighted by molar-refractivity contribution is -0.577. The third kappa shape index (κ3) is 0.654. The zero-order chi connectivity index (χ0) is 7.14. The number of nitrogens with zero attached hydrogens (tertiary/aromatic N) is 1. The van der Waals surface area contributed by atoms with Gasteiger partial charge >= 0.3 is 6.23 Å². The topological polar surface area (TPSA) is 52.4 Å². The van der Waals surface area contributed by atoms with Crippen LogP contribution in [0.25, 0.3) is 0 Å². The second-order valence-electron chi connectivity index (χ2n) is 2.63. The van der Waals surface area contributed by atoms with Crippen LogP contribution in [0.2, 0.25) is 0 Å². The van der Waals surface area contributed by atoms with Crippen molar-refractivity contribution in [1.29, 1.82) is 0 Å². The Hall–Kier alpha value is -0.900. The summed E-state index contributed by atoms with van der Waals surface area (Å²) >= 11 is 0. The van der Waals surface area contributed by atoms with Crippen LogP contribution in [0, 0.1) is 16.0 Å². The average molecular weight is 141 g/mol. The first-order chi connectivity index (χ1) is 4.77. The van der Waals surface area contributed by atoms with Gasteiger partial charge in [-0.3, -0.25) is 10.1 Å². The molecule has 0 aromatic heterocycles. The van der Waals surface area contributed by atoms with Gasteiger partial charge in [0.2, 0.25) is 0 Å². The Kier molecular flexibility index (Phi) is 1.05. The van der Waals surface area contributed by atoms with Crippen molar-refractivity contribution < 1.29 is 9.66 Å². The summed E-state index contributed by atoms with van der Waals surface area (Å²) in [7, 11) is 0. The molecule has 0 N–H and O–H groups in total. The van der Waals surface area contributed by atoms with Gasteiger partial charge in [-0.25, -0.2) is 0 Å². The van der Waals surface area contributed by atoms with Crippen LogP contribution in [-0.4, -0.2) is 17.3 Å². The van der Waals surface area contributed by atoms with Crippen LogP contribution in [0.4, 0.5) is 0 Å². The highest BCUT2D eigenvalue weighted by Crippen LogP contribution is 2.34. The fourth-order valence-electron chi connectivity index (χ4n) is 1.49. The molecule has 0 aromatic carbocycles. The van der Waals surface area contributed by atoms with Crippen LogP contribution in [-0.2, 0) is 4.74 Å². The third-order valence-electron chi connectivity index (χ3n) is 1.97. The van der Waals surface area contributed by atoms with Crippen LogP contribution in [0.5, 0.6) is 0 Å². The number of ether oxygens (including phenoxy) is 1. The molecule has 0 aromatic rings. The molecule has 3 atom stereocenters. The van der Waals surface area contributed by atoms with Crippen molar-refractivity contribution in [3.8, 4) is 0 Å². The van der Waals surface area contributed by atoms with Gasteiger partial charge in [0.05, 0.1) is 16.9 Å². The van der Waals surface area contributed by atoms with Gasteiger partial charge in [0.25, 0.3) is 0 Å². The number of hydrogen-bond donors (Lipinski definition) is 0. The van der Waals surface area contributed by atoms with Crippen molar-refractivity contribution in [2.45, 2.75) is 18.8 Å². The summed E-state index contributed by atoms with van der Waals surface area (Å²) in [6.07, 6.45) is 3.81. The minimum Gasteiger partial charge on any atom is -0.309 e. The maximum absolute atomic E-state index is 10.2. The zero-order valence-electron chi connectivity index (χ0n) is 5.27. The summed E-state index contributed by atoms with van der Waals surface area (Å²) in [6, 6.07) is 0. The van der Waals surface area contributed by atoms with E-state index in [-0.39, 0.29) is 16.9 Å². The number of fused-ring (bicyclic) bond motifs is 2. The van der Waals surface area contributed by atoms with E-state index in [1.165, 1.54) is 0 Å². The molecule has 54 valence electrons. The van der Waals surface area contributed by atoms with Gasteiger partial charge in [0, 0.05) is 0 Å². The molecule has 0 saturated carbocycles. The number of hydrogen-bond acceptors (Lipinski definition) is 3. The SMILES string of the molecule is O=[N+]([O-])C1OC2C=CC1C2. The lowest BCUT2D eigenvalue weighted by Gasteiger charge is -2.09. The first-order valence-corrected chi connectivity index (χ1v) is 3.24. The summed E-state index contributed by atoms with van der Waals surface area (Å²) in [6.45, 7) is 0. The lowest BCUT2D eigenvalue weighted by atomic mass is 10.1. The highest BCUT2D eigenvalue weighted by molar-refractivity contribution is 5.08. The molecule has 4 heteroatoms. The molecule has 2 aliphatic rings. The third-order valence-corrected chi connectivity index (χ3v) is 1.97. The summed E-state index contributed by atoms with van der Waals surface area (Å²) in [5.74, 6) is 0.0278. The Morgan fingerprint density at radius 2 is 2.40 bits per heavy atom. The van der Waals surface area contributed by atoms with E-state index in [4.69, 9.17) is 4.74 Å². The summed E-state index contributed by atoms with van der Waals surface area (Å²) in [5, 5.41) is 10.2. The van der Waals surface area contributed by atoms with Crippen molar-refractivity contribution in [1.82, 2.24) is 0 Å². The van der Waals surface area contributed by atoms with E-state index in [2.05, 4.69) is 0 Å². The molecule has 1 aliphatic heterocycles. The van der Waals surface area contributed by atoms with Crippen molar-refractivity contribution in [3.05, 3.63) is 22.3 Å². The zero-order valence-corrected chi connectivity index (χ0v) is 5.27. The van der Waals surface area contributed by atoms with Gasteiger partial charge < -0.3 is 4.74 Å². The molecule has 2 bridgehead atoms. The fourth-order valence-corrected chi connectivity index (χ4v) is 1.49. The van der Waals surface area contributed by atoms with Crippen LogP contribution in [0.3, 0.4) is 0 Å². The number of rotatable bonds is 1. The predicted molar refractivity (Wildman–Crippen MR) is 32.9 cm³/mol. The molecule has 1 saturated heterocycles. The molecular weight excluding hydrogens is 134 g/mol. The van der Waals surface area contributed by atoms with Crippen LogP contribution in [0.15, 0.2) is 12.2 Å². The Balaban J connectivity index is 2.16. The van der Waals surface area contributed by atoms with E-state index >= 15 is 0 Å². The Labute approximate surface area is 57.6 Å². The lowest BCUT2D eigenvalue weighted by Crippen LogP contribution is -2.26. The molecule has 2 rings (SSSR count). The average Bonchev–Trinajstić information content (AvgIpc) is 2.44. The summed E-state index contributed by atoms with van der Waals surface area (Å²) < 4.78 is 5.04. The second-order valence-corrected chi connectivity index (χ2v) is 2.63. The van der Waals surface area contributed by atoms with Gasteiger partial charge in [-0.2, -0.15) is 0 Å². The van der Waals surface area contributed by atoms with Crippen molar-refractivity contribution in [3.63, 3.8) is 0 Å². The van der Waals surface area contributed by atoms with E-state index in [0.717, 1.165) is 6.42 Å². The van der Waals surface area contributed by atoms with E-state index < -0.39 is 6.23 Å². The largest absolute Gasteiger partial charge is 0.322 e. The van der Waals surface area contributed by atoms with Crippen LogP contribution < -0.4 is 0 Å². The van der Waals surface area contributed by atoms with E-state index in [1.807, 2.05) is 12.2 Å². The van der Waals surface area contributed by atoms with Gasteiger partial charge in [0.15, 0.2) is 0 Å².